The van der Waals surface area contributed by atoms with E-state index in [2.05, 4.69) is 58.5 Å². The van der Waals surface area contributed by atoms with Crippen LogP contribution in [0.4, 0.5) is 6.01 Å². The second-order valence-electron chi connectivity index (χ2n) is 6.91. The molecule has 0 radical (unpaired) electrons. The van der Waals surface area contributed by atoms with Gasteiger partial charge in [0.05, 0.1) is 0 Å². The maximum absolute atomic E-state index is 6.03. The molecular formula is C22H16N4O. The van der Waals surface area contributed by atoms with Crippen molar-refractivity contribution >= 4 is 22.8 Å². The van der Waals surface area contributed by atoms with Gasteiger partial charge in [-0.3, -0.25) is 0 Å². The lowest BCUT2D eigenvalue weighted by atomic mass is 10.1. The van der Waals surface area contributed by atoms with Crippen molar-refractivity contribution in [2.24, 2.45) is 0 Å². The number of hydrogen-bond acceptors (Lipinski definition) is 4. The summed E-state index contributed by atoms with van der Waals surface area (Å²) in [5.41, 5.74) is 7.56. The van der Waals surface area contributed by atoms with Crippen LogP contribution in [0.2, 0.25) is 0 Å². The van der Waals surface area contributed by atoms with Crippen LogP contribution in [-0.4, -0.2) is 14.4 Å². The van der Waals surface area contributed by atoms with Gasteiger partial charge >= 0.3 is 0 Å². The molecule has 27 heavy (non-hydrogen) atoms. The van der Waals surface area contributed by atoms with E-state index in [-0.39, 0.29) is 0 Å². The van der Waals surface area contributed by atoms with Gasteiger partial charge in [0, 0.05) is 31.7 Å². The zero-order chi connectivity index (χ0) is 17.8. The average Bonchev–Trinajstić information content (AvgIpc) is 3.42. The number of pyridine rings is 1. The molecule has 130 valence electrons. The zero-order valence-electron chi connectivity index (χ0n) is 14.5. The lowest BCUT2D eigenvalue weighted by Crippen LogP contribution is -2.14. The summed E-state index contributed by atoms with van der Waals surface area (Å²) in [6, 6.07) is 19.5. The Labute approximate surface area is 155 Å². The molecule has 3 aromatic heterocycles. The van der Waals surface area contributed by atoms with E-state index in [1.54, 1.807) is 6.20 Å². The van der Waals surface area contributed by atoms with E-state index in [1.807, 2.05) is 22.7 Å². The van der Waals surface area contributed by atoms with Crippen molar-refractivity contribution in [1.29, 1.82) is 0 Å². The number of benzene rings is 2. The molecule has 0 fully saturated rings. The van der Waals surface area contributed by atoms with Gasteiger partial charge in [-0.05, 0) is 46.5 Å². The molecule has 0 N–H and O–H groups in total. The normalized spacial score (nSPS) is 13.6. The summed E-state index contributed by atoms with van der Waals surface area (Å²) in [5, 5.41) is 0. The smallest absolute Gasteiger partial charge is 0.298 e. The van der Waals surface area contributed by atoms with Gasteiger partial charge in [0.2, 0.25) is 0 Å². The minimum absolute atomic E-state index is 0.684. The number of rotatable bonds is 2. The summed E-state index contributed by atoms with van der Waals surface area (Å²) >= 11 is 0. The van der Waals surface area contributed by atoms with Crippen LogP contribution < -0.4 is 4.90 Å². The van der Waals surface area contributed by atoms with Gasteiger partial charge in [0.15, 0.2) is 5.58 Å². The highest BCUT2D eigenvalue weighted by molar-refractivity contribution is 5.81. The highest BCUT2D eigenvalue weighted by Crippen LogP contribution is 2.32. The van der Waals surface area contributed by atoms with Crippen LogP contribution in [0.25, 0.3) is 27.9 Å². The van der Waals surface area contributed by atoms with Crippen molar-refractivity contribution in [1.82, 2.24) is 14.4 Å². The van der Waals surface area contributed by atoms with E-state index in [0.717, 1.165) is 41.0 Å². The van der Waals surface area contributed by atoms with Gasteiger partial charge in [-0.25, -0.2) is 4.98 Å². The topological polar surface area (TPSA) is 46.6 Å². The molecule has 1 aliphatic heterocycles. The first kappa shape index (κ1) is 14.6. The molecule has 0 saturated heterocycles. The quantitative estimate of drug-likeness (QED) is 0.463. The molecule has 6 rings (SSSR count). The number of oxazole rings is 1. The predicted octanol–water partition coefficient (Wildman–Crippen LogP) is 4.66. The van der Waals surface area contributed by atoms with Gasteiger partial charge in [-0.2, -0.15) is 4.98 Å². The lowest BCUT2D eigenvalue weighted by Gasteiger charge is -2.10. The van der Waals surface area contributed by atoms with Crippen LogP contribution in [-0.2, 0) is 13.1 Å². The molecule has 0 atom stereocenters. The SMILES string of the molecule is c1ccc2c(c1)CN(c1nc3cc(-c4ccc5nccn5c4)ccc3o1)C2. The highest BCUT2D eigenvalue weighted by atomic mass is 16.4. The Hall–Kier alpha value is -3.60. The molecule has 0 unspecified atom stereocenters. The molecule has 4 heterocycles. The summed E-state index contributed by atoms with van der Waals surface area (Å²) in [7, 11) is 0. The van der Waals surface area contributed by atoms with Crippen molar-refractivity contribution in [2.75, 3.05) is 4.90 Å². The molecular weight excluding hydrogens is 336 g/mol. The number of imidazole rings is 1. The maximum Gasteiger partial charge on any atom is 0.298 e. The van der Waals surface area contributed by atoms with Gasteiger partial charge in [-0.15, -0.1) is 0 Å². The van der Waals surface area contributed by atoms with E-state index < -0.39 is 0 Å². The van der Waals surface area contributed by atoms with Crippen molar-refractivity contribution < 1.29 is 4.42 Å². The Kier molecular flexibility index (Phi) is 2.94. The van der Waals surface area contributed by atoms with Crippen LogP contribution in [0.1, 0.15) is 11.1 Å². The van der Waals surface area contributed by atoms with Gasteiger partial charge < -0.3 is 13.7 Å². The lowest BCUT2D eigenvalue weighted by molar-refractivity contribution is 0.573. The van der Waals surface area contributed by atoms with Crippen LogP contribution in [0.3, 0.4) is 0 Å². The summed E-state index contributed by atoms with van der Waals surface area (Å²) in [6.07, 6.45) is 5.85. The second kappa shape index (κ2) is 5.45. The predicted molar refractivity (Wildman–Crippen MR) is 105 cm³/mol. The number of anilines is 1. The molecule has 0 amide bonds. The number of fused-ring (bicyclic) bond motifs is 3. The van der Waals surface area contributed by atoms with Crippen LogP contribution >= 0.6 is 0 Å². The average molecular weight is 352 g/mol. The largest absolute Gasteiger partial charge is 0.423 e. The summed E-state index contributed by atoms with van der Waals surface area (Å²) < 4.78 is 8.05. The molecule has 5 nitrogen and oxygen atoms in total. The molecule has 0 saturated carbocycles. The molecule has 2 aromatic carbocycles. The van der Waals surface area contributed by atoms with Crippen molar-refractivity contribution in [3.8, 4) is 11.1 Å². The second-order valence-corrected chi connectivity index (χ2v) is 6.91. The minimum atomic E-state index is 0.684. The van der Waals surface area contributed by atoms with E-state index in [9.17, 15) is 0 Å². The number of hydrogen-bond donors (Lipinski definition) is 0. The fraction of sp³-hybridized carbons (Fsp3) is 0.0909. The summed E-state index contributed by atoms with van der Waals surface area (Å²) in [4.78, 5) is 11.2. The maximum atomic E-state index is 6.03. The Balaban J connectivity index is 1.37. The third-order valence-corrected chi connectivity index (χ3v) is 5.21. The Morgan fingerprint density at radius 1 is 0.889 bits per heavy atom. The zero-order valence-corrected chi connectivity index (χ0v) is 14.5. The third-order valence-electron chi connectivity index (χ3n) is 5.21. The van der Waals surface area contributed by atoms with Crippen molar-refractivity contribution in [3.63, 3.8) is 0 Å². The monoisotopic (exact) mass is 352 g/mol. The van der Waals surface area contributed by atoms with Crippen molar-refractivity contribution in [2.45, 2.75) is 13.1 Å². The molecule has 0 spiro atoms. The van der Waals surface area contributed by atoms with E-state index in [1.165, 1.54) is 11.1 Å². The Morgan fingerprint density at radius 2 is 1.70 bits per heavy atom. The molecule has 0 bridgehead atoms. The molecule has 5 heteroatoms. The molecule has 0 aliphatic carbocycles. The molecule has 5 aromatic rings. The third kappa shape index (κ3) is 2.32. The van der Waals surface area contributed by atoms with Gasteiger partial charge in [-0.1, -0.05) is 30.3 Å². The minimum Gasteiger partial charge on any atom is -0.423 e. The number of aromatic nitrogens is 3. The first-order valence-electron chi connectivity index (χ1n) is 8.99. The first-order chi connectivity index (χ1) is 13.3. The number of nitrogens with zero attached hydrogens (tertiary/aromatic N) is 4. The Bertz CT molecular complexity index is 1280. The Morgan fingerprint density at radius 3 is 2.56 bits per heavy atom. The van der Waals surface area contributed by atoms with Crippen LogP contribution in [0.5, 0.6) is 0 Å². The standard InChI is InChI=1S/C22H16N4O/c1-2-4-17-14-26(13-16(17)3-1)22-24-19-11-15(5-7-20(19)27-22)18-6-8-21-23-9-10-25(21)12-18/h1-12H,13-14H2. The van der Waals surface area contributed by atoms with E-state index in [4.69, 9.17) is 9.40 Å². The summed E-state index contributed by atoms with van der Waals surface area (Å²) in [6.45, 7) is 1.68. The van der Waals surface area contributed by atoms with Gasteiger partial charge in [0.25, 0.3) is 6.01 Å². The fourth-order valence-electron chi connectivity index (χ4n) is 3.79. The van der Waals surface area contributed by atoms with E-state index >= 15 is 0 Å². The van der Waals surface area contributed by atoms with Crippen molar-refractivity contribution in [3.05, 3.63) is 84.3 Å². The fourth-order valence-corrected chi connectivity index (χ4v) is 3.79. The van der Waals surface area contributed by atoms with Crippen LogP contribution in [0.15, 0.2) is 77.6 Å². The highest BCUT2D eigenvalue weighted by Gasteiger charge is 2.22. The van der Waals surface area contributed by atoms with Crippen LogP contribution in [0, 0.1) is 0 Å². The molecule has 1 aliphatic rings. The van der Waals surface area contributed by atoms with E-state index in [0.29, 0.717) is 6.01 Å². The first-order valence-corrected chi connectivity index (χ1v) is 8.99. The summed E-state index contributed by atoms with van der Waals surface area (Å²) in [5.74, 6) is 0. The van der Waals surface area contributed by atoms with Gasteiger partial charge in [0.1, 0.15) is 11.2 Å².